The molecule has 2 N–H and O–H groups in total. The van der Waals surface area contributed by atoms with E-state index in [0.29, 0.717) is 0 Å². The molecule has 1 aromatic rings. The second kappa shape index (κ2) is 5.56. The summed E-state index contributed by atoms with van der Waals surface area (Å²) in [7, 11) is 0. The summed E-state index contributed by atoms with van der Waals surface area (Å²) in [5.41, 5.74) is 0. The minimum Gasteiger partial charge on any atom is -0.481 e. The standard InChI is InChI=1S/C11H17NO3/c1-8(11(13)14)9(2)12-6-5-10-4-3-7-15-10/h3-4,7-9,12H,5-6H2,1-2H3,(H,13,14). The molecule has 0 amide bonds. The molecule has 0 fully saturated rings. The van der Waals surface area contributed by atoms with Crippen molar-refractivity contribution in [1.82, 2.24) is 5.32 Å². The molecular formula is C11H17NO3. The van der Waals surface area contributed by atoms with Crippen LogP contribution in [0.15, 0.2) is 22.8 Å². The molecule has 2 atom stereocenters. The summed E-state index contributed by atoms with van der Waals surface area (Å²) in [5, 5.41) is 11.9. The fourth-order valence-electron chi connectivity index (χ4n) is 1.27. The largest absolute Gasteiger partial charge is 0.481 e. The monoisotopic (exact) mass is 211 g/mol. The lowest BCUT2D eigenvalue weighted by atomic mass is 10.0. The van der Waals surface area contributed by atoms with Crippen LogP contribution in [0.2, 0.25) is 0 Å². The smallest absolute Gasteiger partial charge is 0.307 e. The minimum atomic E-state index is -0.770. The Morgan fingerprint density at radius 2 is 2.33 bits per heavy atom. The van der Waals surface area contributed by atoms with E-state index < -0.39 is 5.97 Å². The summed E-state index contributed by atoms with van der Waals surface area (Å²) in [6, 6.07) is 3.73. The van der Waals surface area contributed by atoms with Crippen LogP contribution < -0.4 is 5.32 Å². The number of carboxylic acid groups (broad SMARTS) is 1. The van der Waals surface area contributed by atoms with Gasteiger partial charge in [-0.05, 0) is 19.1 Å². The maximum Gasteiger partial charge on any atom is 0.307 e. The molecule has 4 heteroatoms. The Labute approximate surface area is 89.3 Å². The normalized spacial score (nSPS) is 14.8. The first kappa shape index (κ1) is 11.8. The lowest BCUT2D eigenvalue weighted by Gasteiger charge is -2.17. The topological polar surface area (TPSA) is 62.5 Å². The third-order valence-electron chi connectivity index (χ3n) is 2.56. The number of aliphatic carboxylic acids is 1. The first-order valence-corrected chi connectivity index (χ1v) is 5.10. The van der Waals surface area contributed by atoms with Crippen LogP contribution in [0.25, 0.3) is 0 Å². The van der Waals surface area contributed by atoms with Crippen LogP contribution in [-0.2, 0) is 11.2 Å². The fraction of sp³-hybridized carbons (Fsp3) is 0.545. The molecule has 0 spiro atoms. The van der Waals surface area contributed by atoms with Crippen molar-refractivity contribution in [3.8, 4) is 0 Å². The van der Waals surface area contributed by atoms with E-state index in [2.05, 4.69) is 5.32 Å². The van der Waals surface area contributed by atoms with Crippen molar-refractivity contribution < 1.29 is 14.3 Å². The molecule has 0 aliphatic rings. The molecule has 0 bridgehead atoms. The van der Waals surface area contributed by atoms with Crippen LogP contribution in [0.5, 0.6) is 0 Å². The predicted molar refractivity (Wildman–Crippen MR) is 56.7 cm³/mol. The van der Waals surface area contributed by atoms with Gasteiger partial charge in [0.25, 0.3) is 0 Å². The van der Waals surface area contributed by atoms with E-state index in [9.17, 15) is 4.79 Å². The highest BCUT2D eigenvalue weighted by molar-refractivity contribution is 5.70. The molecule has 15 heavy (non-hydrogen) atoms. The molecule has 1 heterocycles. The summed E-state index contributed by atoms with van der Waals surface area (Å²) in [5.74, 6) is -0.229. The summed E-state index contributed by atoms with van der Waals surface area (Å²) in [4.78, 5) is 10.7. The summed E-state index contributed by atoms with van der Waals surface area (Å²) < 4.78 is 5.17. The van der Waals surface area contributed by atoms with Gasteiger partial charge in [-0.1, -0.05) is 6.92 Å². The molecule has 0 saturated carbocycles. The zero-order valence-corrected chi connectivity index (χ0v) is 9.06. The lowest BCUT2D eigenvalue weighted by molar-refractivity contribution is -0.141. The number of hydrogen-bond donors (Lipinski definition) is 2. The van der Waals surface area contributed by atoms with Gasteiger partial charge in [-0.3, -0.25) is 4.79 Å². The molecule has 1 rings (SSSR count). The molecule has 0 aliphatic carbocycles. The number of carboxylic acids is 1. The van der Waals surface area contributed by atoms with Gasteiger partial charge in [0, 0.05) is 19.0 Å². The number of rotatable bonds is 6. The lowest BCUT2D eigenvalue weighted by Crippen LogP contribution is -2.37. The van der Waals surface area contributed by atoms with Gasteiger partial charge >= 0.3 is 5.97 Å². The quantitative estimate of drug-likeness (QED) is 0.749. The molecule has 0 saturated heterocycles. The van der Waals surface area contributed by atoms with Gasteiger partial charge in [-0.15, -0.1) is 0 Å². The number of furan rings is 1. The summed E-state index contributed by atoms with van der Waals surface area (Å²) in [6.07, 6.45) is 2.42. The van der Waals surface area contributed by atoms with Gasteiger partial charge < -0.3 is 14.8 Å². The van der Waals surface area contributed by atoms with Gasteiger partial charge in [0.15, 0.2) is 0 Å². The first-order chi connectivity index (χ1) is 7.11. The van der Waals surface area contributed by atoms with E-state index in [0.717, 1.165) is 18.7 Å². The van der Waals surface area contributed by atoms with E-state index in [1.807, 2.05) is 19.1 Å². The van der Waals surface area contributed by atoms with E-state index in [1.54, 1.807) is 13.2 Å². The van der Waals surface area contributed by atoms with Crippen LogP contribution in [0.1, 0.15) is 19.6 Å². The van der Waals surface area contributed by atoms with Crippen LogP contribution in [-0.4, -0.2) is 23.7 Å². The second-order valence-electron chi connectivity index (χ2n) is 3.70. The third-order valence-corrected chi connectivity index (χ3v) is 2.56. The number of nitrogens with one attached hydrogen (secondary N) is 1. The van der Waals surface area contributed by atoms with Crippen molar-refractivity contribution in [3.63, 3.8) is 0 Å². The molecule has 84 valence electrons. The fourth-order valence-corrected chi connectivity index (χ4v) is 1.27. The van der Waals surface area contributed by atoms with Gasteiger partial charge in [-0.2, -0.15) is 0 Å². The van der Waals surface area contributed by atoms with Crippen LogP contribution >= 0.6 is 0 Å². The van der Waals surface area contributed by atoms with Gasteiger partial charge in [-0.25, -0.2) is 0 Å². The molecule has 0 aromatic carbocycles. The van der Waals surface area contributed by atoms with Crippen molar-refractivity contribution in [1.29, 1.82) is 0 Å². The van der Waals surface area contributed by atoms with Crippen molar-refractivity contribution in [2.24, 2.45) is 5.92 Å². The average molecular weight is 211 g/mol. The van der Waals surface area contributed by atoms with Crippen LogP contribution in [0.3, 0.4) is 0 Å². The van der Waals surface area contributed by atoms with Crippen molar-refractivity contribution in [2.75, 3.05) is 6.54 Å². The number of hydrogen-bond acceptors (Lipinski definition) is 3. The SMILES string of the molecule is CC(NCCc1ccco1)C(C)C(=O)O. The Morgan fingerprint density at radius 3 is 2.87 bits per heavy atom. The predicted octanol–water partition coefficient (Wildman–Crippen LogP) is 1.52. The van der Waals surface area contributed by atoms with Crippen LogP contribution in [0, 0.1) is 5.92 Å². The molecule has 0 radical (unpaired) electrons. The van der Waals surface area contributed by atoms with E-state index >= 15 is 0 Å². The Balaban J connectivity index is 2.22. The van der Waals surface area contributed by atoms with Crippen LogP contribution in [0.4, 0.5) is 0 Å². The van der Waals surface area contributed by atoms with E-state index in [1.165, 1.54) is 0 Å². The van der Waals surface area contributed by atoms with Crippen molar-refractivity contribution in [2.45, 2.75) is 26.3 Å². The molecule has 1 aromatic heterocycles. The van der Waals surface area contributed by atoms with Crippen molar-refractivity contribution >= 4 is 5.97 Å². The zero-order valence-electron chi connectivity index (χ0n) is 9.06. The molecular weight excluding hydrogens is 194 g/mol. The first-order valence-electron chi connectivity index (χ1n) is 5.10. The summed E-state index contributed by atoms with van der Waals surface area (Å²) >= 11 is 0. The van der Waals surface area contributed by atoms with Gasteiger partial charge in [0.05, 0.1) is 12.2 Å². The van der Waals surface area contributed by atoms with E-state index in [4.69, 9.17) is 9.52 Å². The molecule has 2 unspecified atom stereocenters. The highest BCUT2D eigenvalue weighted by Crippen LogP contribution is 2.03. The van der Waals surface area contributed by atoms with Crippen molar-refractivity contribution in [3.05, 3.63) is 24.2 Å². The average Bonchev–Trinajstić information content (AvgIpc) is 2.69. The molecule has 4 nitrogen and oxygen atoms in total. The second-order valence-corrected chi connectivity index (χ2v) is 3.70. The Morgan fingerprint density at radius 1 is 1.60 bits per heavy atom. The Bertz CT molecular complexity index is 295. The highest BCUT2D eigenvalue weighted by atomic mass is 16.4. The Hall–Kier alpha value is -1.29. The van der Waals surface area contributed by atoms with E-state index in [-0.39, 0.29) is 12.0 Å². The van der Waals surface area contributed by atoms with Gasteiger partial charge in [0.1, 0.15) is 5.76 Å². The summed E-state index contributed by atoms with van der Waals surface area (Å²) in [6.45, 7) is 4.31. The highest BCUT2D eigenvalue weighted by Gasteiger charge is 2.18. The third kappa shape index (κ3) is 3.75. The zero-order chi connectivity index (χ0) is 11.3. The van der Waals surface area contributed by atoms with Gasteiger partial charge in [0.2, 0.25) is 0 Å². The maximum atomic E-state index is 10.7. The maximum absolute atomic E-state index is 10.7. The number of carbonyl (C=O) groups is 1. The Kier molecular flexibility index (Phi) is 4.37. The molecule has 0 aliphatic heterocycles. The minimum absolute atomic E-state index is 0.0301.